The van der Waals surface area contributed by atoms with Gasteiger partial charge in [-0.15, -0.1) is 0 Å². The number of rotatable bonds is 7. The first kappa shape index (κ1) is 22.8. The summed E-state index contributed by atoms with van der Waals surface area (Å²) in [5, 5.41) is 14.1. The van der Waals surface area contributed by atoms with Crippen molar-refractivity contribution in [1.29, 1.82) is 0 Å². The van der Waals surface area contributed by atoms with Gasteiger partial charge in [-0.05, 0) is 43.2 Å². The van der Waals surface area contributed by atoms with Crippen molar-refractivity contribution < 1.29 is 9.84 Å². The Morgan fingerprint density at radius 3 is 2.56 bits per heavy atom. The van der Waals surface area contributed by atoms with E-state index in [1.54, 1.807) is 30.0 Å². The lowest BCUT2D eigenvalue weighted by molar-refractivity contribution is 0.318. The molecule has 2 aromatic heterocycles. The van der Waals surface area contributed by atoms with E-state index in [9.17, 15) is 14.7 Å². The second-order valence-corrected chi connectivity index (χ2v) is 7.92. The number of aryl methyl sites for hydroxylation is 2. The van der Waals surface area contributed by atoms with Crippen molar-refractivity contribution in [1.82, 2.24) is 18.7 Å². The Bertz CT molecular complexity index is 1500. The summed E-state index contributed by atoms with van der Waals surface area (Å²) < 4.78 is 9.52. The van der Waals surface area contributed by atoms with Crippen LogP contribution in [0.25, 0.3) is 11.2 Å². The van der Waals surface area contributed by atoms with Crippen molar-refractivity contribution >= 4 is 23.3 Å². The number of imidazole rings is 1. The highest BCUT2D eigenvalue weighted by molar-refractivity contribution is 5.81. The van der Waals surface area contributed by atoms with Crippen LogP contribution in [0.5, 0.6) is 11.5 Å². The number of nitrogens with one attached hydrogen (secondary N) is 1. The minimum absolute atomic E-state index is 0.0450. The maximum absolute atomic E-state index is 13.0. The van der Waals surface area contributed by atoms with Gasteiger partial charge in [0.15, 0.2) is 22.7 Å². The second kappa shape index (κ2) is 9.26. The van der Waals surface area contributed by atoms with Gasteiger partial charge in [0.05, 0.1) is 19.4 Å². The van der Waals surface area contributed by atoms with Gasteiger partial charge >= 0.3 is 5.69 Å². The molecule has 0 amide bonds. The molecule has 0 aliphatic heterocycles. The fourth-order valence-corrected chi connectivity index (χ4v) is 3.61. The molecule has 0 fully saturated rings. The van der Waals surface area contributed by atoms with Crippen LogP contribution in [-0.2, 0) is 20.6 Å². The first-order valence-electron chi connectivity index (χ1n) is 10.8. The van der Waals surface area contributed by atoms with Crippen LogP contribution >= 0.6 is 0 Å². The molecule has 4 aromatic rings. The molecule has 2 aromatic carbocycles. The molecule has 0 radical (unpaired) electrons. The van der Waals surface area contributed by atoms with Crippen LogP contribution in [0.15, 0.2) is 57.2 Å². The minimum Gasteiger partial charge on any atom is -0.504 e. The molecule has 0 spiro atoms. The van der Waals surface area contributed by atoms with E-state index in [-0.39, 0.29) is 11.4 Å². The fraction of sp³-hybridized carbons (Fsp3) is 0.250. The number of anilines is 1. The van der Waals surface area contributed by atoms with Crippen molar-refractivity contribution in [3.63, 3.8) is 0 Å². The van der Waals surface area contributed by atoms with E-state index >= 15 is 0 Å². The first-order chi connectivity index (χ1) is 16.3. The average Bonchev–Trinajstić information content (AvgIpc) is 3.18. The Morgan fingerprint density at radius 2 is 1.85 bits per heavy atom. The smallest absolute Gasteiger partial charge is 0.332 e. The summed E-state index contributed by atoms with van der Waals surface area (Å²) in [7, 11) is 3.02. The van der Waals surface area contributed by atoms with Crippen LogP contribution in [0.2, 0.25) is 0 Å². The number of phenolic OH excluding ortho intramolecular Hbond substituents is 1. The van der Waals surface area contributed by atoms with Crippen molar-refractivity contribution in [2.75, 3.05) is 12.0 Å². The zero-order valence-electron chi connectivity index (χ0n) is 19.4. The van der Waals surface area contributed by atoms with Gasteiger partial charge in [0.2, 0.25) is 5.95 Å². The third kappa shape index (κ3) is 4.29. The van der Waals surface area contributed by atoms with Crippen molar-refractivity contribution in [3.8, 4) is 11.5 Å². The van der Waals surface area contributed by atoms with Crippen molar-refractivity contribution in [2.24, 2.45) is 19.2 Å². The molecule has 0 bridgehead atoms. The van der Waals surface area contributed by atoms with Gasteiger partial charge < -0.3 is 9.84 Å². The quantitative estimate of drug-likeness (QED) is 0.322. The molecular formula is C24H26N6O4. The van der Waals surface area contributed by atoms with Gasteiger partial charge in [-0.2, -0.15) is 10.1 Å². The Hall–Kier alpha value is -4.34. The third-order valence-electron chi connectivity index (χ3n) is 5.47. The fourth-order valence-electron chi connectivity index (χ4n) is 3.61. The Kier molecular flexibility index (Phi) is 6.22. The molecule has 0 unspecified atom stereocenters. The summed E-state index contributed by atoms with van der Waals surface area (Å²) in [5.74, 6) is 0.717. The molecule has 10 nitrogen and oxygen atoms in total. The topological polar surface area (TPSA) is 116 Å². The number of aromatic hydroxyl groups is 1. The summed E-state index contributed by atoms with van der Waals surface area (Å²) in [5.41, 5.74) is 5.35. The molecule has 4 rings (SSSR count). The number of ether oxygens (including phenoxy) is 1. The zero-order valence-corrected chi connectivity index (χ0v) is 19.4. The average molecular weight is 463 g/mol. The van der Waals surface area contributed by atoms with Crippen LogP contribution in [0.3, 0.4) is 0 Å². The van der Waals surface area contributed by atoms with Gasteiger partial charge in [0.1, 0.15) is 0 Å². The lowest BCUT2D eigenvalue weighted by Gasteiger charge is -2.10. The maximum Gasteiger partial charge on any atom is 0.332 e. The Labute approximate surface area is 195 Å². The molecule has 0 saturated carbocycles. The number of hydrogen-bond acceptors (Lipinski definition) is 7. The number of phenols is 1. The SMILES string of the molecule is CCOc1cc(/C=N\Nc2nc3c(c(=O)n(C)c(=O)n3C)n2Cc2ccc(C)cc2)ccc1O. The number of nitrogens with zero attached hydrogens (tertiary/aromatic N) is 5. The van der Waals surface area contributed by atoms with Crippen LogP contribution in [0.4, 0.5) is 5.95 Å². The third-order valence-corrected chi connectivity index (χ3v) is 5.47. The van der Waals surface area contributed by atoms with Crippen molar-refractivity contribution in [3.05, 3.63) is 80.0 Å². The molecule has 0 atom stereocenters. The van der Waals surface area contributed by atoms with E-state index < -0.39 is 11.2 Å². The van der Waals surface area contributed by atoms with E-state index in [0.29, 0.717) is 35.9 Å². The lowest BCUT2D eigenvalue weighted by atomic mass is 10.1. The van der Waals surface area contributed by atoms with Gasteiger partial charge in [-0.3, -0.25) is 18.5 Å². The highest BCUT2D eigenvalue weighted by atomic mass is 16.5. The van der Waals surface area contributed by atoms with E-state index in [1.165, 1.54) is 17.7 Å². The number of benzene rings is 2. The van der Waals surface area contributed by atoms with Gasteiger partial charge in [-0.1, -0.05) is 29.8 Å². The molecule has 10 heteroatoms. The van der Waals surface area contributed by atoms with Crippen LogP contribution in [-0.4, -0.2) is 36.6 Å². The van der Waals surface area contributed by atoms with Gasteiger partial charge in [-0.25, -0.2) is 10.2 Å². The summed E-state index contributed by atoms with van der Waals surface area (Å²) in [6, 6.07) is 12.8. The first-order valence-corrected chi connectivity index (χ1v) is 10.8. The van der Waals surface area contributed by atoms with Crippen LogP contribution < -0.4 is 21.4 Å². The zero-order chi connectivity index (χ0) is 24.4. The molecule has 2 N–H and O–H groups in total. The highest BCUT2D eigenvalue weighted by Gasteiger charge is 2.19. The number of hydrogen-bond donors (Lipinski definition) is 2. The number of hydrazone groups is 1. The predicted octanol–water partition coefficient (Wildman–Crippen LogP) is 2.34. The molecule has 2 heterocycles. The highest BCUT2D eigenvalue weighted by Crippen LogP contribution is 2.26. The van der Waals surface area contributed by atoms with Crippen LogP contribution in [0.1, 0.15) is 23.6 Å². The molecule has 176 valence electrons. The van der Waals surface area contributed by atoms with E-state index in [1.807, 2.05) is 38.1 Å². The lowest BCUT2D eigenvalue weighted by Crippen LogP contribution is -2.37. The largest absolute Gasteiger partial charge is 0.504 e. The summed E-state index contributed by atoms with van der Waals surface area (Å²) in [6.45, 7) is 4.61. The molecule has 0 saturated heterocycles. The molecular weight excluding hydrogens is 436 g/mol. The van der Waals surface area contributed by atoms with E-state index in [4.69, 9.17) is 4.74 Å². The standard InChI is InChI=1S/C24H26N6O4/c1-5-34-19-12-17(10-11-18(19)31)13-25-27-23-26-21-20(22(32)29(4)24(33)28(21)3)30(23)14-16-8-6-15(2)7-9-16/h6-13,31H,5,14H2,1-4H3,(H,26,27)/b25-13-. The van der Waals surface area contributed by atoms with Gasteiger partial charge in [0, 0.05) is 14.1 Å². The Balaban J connectivity index is 1.76. The minimum atomic E-state index is -0.458. The Morgan fingerprint density at radius 1 is 1.12 bits per heavy atom. The van der Waals surface area contributed by atoms with Crippen molar-refractivity contribution in [2.45, 2.75) is 20.4 Å². The predicted molar refractivity (Wildman–Crippen MR) is 131 cm³/mol. The monoisotopic (exact) mass is 462 g/mol. The molecule has 0 aliphatic carbocycles. The van der Waals surface area contributed by atoms with E-state index in [0.717, 1.165) is 15.7 Å². The number of aromatic nitrogens is 4. The van der Waals surface area contributed by atoms with Gasteiger partial charge in [0.25, 0.3) is 5.56 Å². The maximum atomic E-state index is 13.0. The van der Waals surface area contributed by atoms with Crippen LogP contribution in [0, 0.1) is 6.92 Å². The normalized spacial score (nSPS) is 11.4. The summed E-state index contributed by atoms with van der Waals surface area (Å²) >= 11 is 0. The molecule has 34 heavy (non-hydrogen) atoms. The summed E-state index contributed by atoms with van der Waals surface area (Å²) in [4.78, 5) is 29.9. The number of fused-ring (bicyclic) bond motifs is 1. The summed E-state index contributed by atoms with van der Waals surface area (Å²) in [6.07, 6.45) is 1.55. The second-order valence-electron chi connectivity index (χ2n) is 7.92. The molecule has 0 aliphatic rings. The van der Waals surface area contributed by atoms with E-state index in [2.05, 4.69) is 15.5 Å².